The molecule has 4 heteroatoms. The van der Waals surface area contributed by atoms with Crippen LogP contribution in [-0.4, -0.2) is 35.0 Å². The van der Waals surface area contributed by atoms with Crippen molar-refractivity contribution in [2.75, 3.05) is 13.2 Å². The summed E-state index contributed by atoms with van der Waals surface area (Å²) in [5, 5.41) is 8.52. The molecule has 1 aliphatic heterocycles. The molecule has 0 aromatic heterocycles. The zero-order valence-electron chi connectivity index (χ0n) is 8.53. The lowest BCUT2D eigenvalue weighted by Gasteiger charge is -2.12. The van der Waals surface area contributed by atoms with Gasteiger partial charge in [0.15, 0.2) is 0 Å². The molecule has 0 bridgehead atoms. The van der Waals surface area contributed by atoms with Crippen LogP contribution in [0.1, 0.15) is 19.8 Å². The minimum atomic E-state index is -0.170. The van der Waals surface area contributed by atoms with Gasteiger partial charge >= 0.3 is 0 Å². The topological polar surface area (TPSA) is 57.6 Å². The maximum atomic E-state index is 11.2. The molecule has 1 fully saturated rings. The van der Waals surface area contributed by atoms with E-state index in [4.69, 9.17) is 5.11 Å². The molecule has 1 aliphatic rings. The normalized spacial score (nSPS) is 20.7. The first kappa shape index (κ1) is 12.8. The van der Waals surface area contributed by atoms with Crippen LogP contribution < -0.4 is 0 Å². The van der Waals surface area contributed by atoms with Gasteiger partial charge in [-0.05, 0) is 6.42 Å². The van der Waals surface area contributed by atoms with E-state index in [9.17, 15) is 9.59 Å². The largest absolute Gasteiger partial charge is 0.396 e. The summed E-state index contributed by atoms with van der Waals surface area (Å²) in [5.74, 6) is -0.384. The number of rotatable bonds is 3. The summed E-state index contributed by atoms with van der Waals surface area (Å²) in [6.07, 6.45) is 0.800. The van der Waals surface area contributed by atoms with Crippen molar-refractivity contribution in [2.45, 2.75) is 19.8 Å². The van der Waals surface area contributed by atoms with Crippen LogP contribution in [0.4, 0.5) is 0 Å². The van der Waals surface area contributed by atoms with Gasteiger partial charge in [-0.3, -0.25) is 14.5 Å². The summed E-state index contributed by atoms with van der Waals surface area (Å²) in [6.45, 7) is 8.13. The fraction of sp³-hybridized carbons (Fsp3) is 0.600. The minimum Gasteiger partial charge on any atom is -0.396 e. The van der Waals surface area contributed by atoms with E-state index in [-0.39, 0.29) is 24.3 Å². The molecule has 4 nitrogen and oxygen atoms in total. The van der Waals surface area contributed by atoms with Crippen LogP contribution in [0, 0.1) is 5.92 Å². The number of hydrogen-bond donors (Lipinski definition) is 1. The third-order valence-corrected chi connectivity index (χ3v) is 2.01. The van der Waals surface area contributed by atoms with Crippen molar-refractivity contribution in [3.63, 3.8) is 0 Å². The molecule has 0 spiro atoms. The Morgan fingerprint density at radius 2 is 2.07 bits per heavy atom. The van der Waals surface area contributed by atoms with Crippen molar-refractivity contribution in [1.82, 2.24) is 4.90 Å². The average molecular weight is 199 g/mol. The summed E-state index contributed by atoms with van der Waals surface area (Å²) in [6, 6.07) is 0. The van der Waals surface area contributed by atoms with Crippen LogP contribution in [0.2, 0.25) is 0 Å². The highest BCUT2D eigenvalue weighted by molar-refractivity contribution is 6.03. The maximum absolute atomic E-state index is 11.2. The van der Waals surface area contributed by atoms with Crippen molar-refractivity contribution in [3.05, 3.63) is 13.2 Å². The number of likely N-dealkylation sites (tertiary alicyclic amines) is 1. The molecule has 80 valence electrons. The first-order valence-electron chi connectivity index (χ1n) is 4.62. The maximum Gasteiger partial charge on any atom is 0.232 e. The van der Waals surface area contributed by atoms with Gasteiger partial charge in [0.1, 0.15) is 0 Å². The van der Waals surface area contributed by atoms with Crippen LogP contribution in [-0.2, 0) is 9.59 Å². The van der Waals surface area contributed by atoms with E-state index in [2.05, 4.69) is 13.2 Å². The Kier molecular flexibility index (Phi) is 5.79. The minimum absolute atomic E-state index is 0.0193. The monoisotopic (exact) mass is 199 g/mol. The van der Waals surface area contributed by atoms with E-state index in [0.717, 1.165) is 0 Å². The Morgan fingerprint density at radius 1 is 1.50 bits per heavy atom. The van der Waals surface area contributed by atoms with E-state index >= 15 is 0 Å². The fourth-order valence-corrected chi connectivity index (χ4v) is 1.31. The number of nitrogens with zero attached hydrogens (tertiary/aromatic N) is 1. The molecule has 1 unspecified atom stereocenters. The third kappa shape index (κ3) is 2.96. The second-order valence-corrected chi connectivity index (χ2v) is 3.07. The van der Waals surface area contributed by atoms with Gasteiger partial charge in [-0.2, -0.15) is 0 Å². The number of amides is 2. The number of carbonyl (C=O) groups is 2. The van der Waals surface area contributed by atoms with Crippen molar-refractivity contribution in [1.29, 1.82) is 0 Å². The molecular weight excluding hydrogens is 182 g/mol. The quantitative estimate of drug-likeness (QED) is 0.534. The third-order valence-electron chi connectivity index (χ3n) is 2.01. The summed E-state index contributed by atoms with van der Waals surface area (Å²) in [7, 11) is 0. The van der Waals surface area contributed by atoms with Crippen molar-refractivity contribution >= 4 is 11.8 Å². The molecule has 0 aromatic rings. The summed E-state index contributed by atoms with van der Waals surface area (Å²) in [4.78, 5) is 23.6. The zero-order chi connectivity index (χ0) is 11.1. The predicted molar refractivity (Wildman–Crippen MR) is 53.5 cm³/mol. The van der Waals surface area contributed by atoms with Gasteiger partial charge in [0, 0.05) is 25.5 Å². The molecule has 0 aliphatic carbocycles. The molecule has 1 N–H and O–H groups in total. The van der Waals surface area contributed by atoms with E-state index in [1.54, 1.807) is 6.92 Å². The van der Waals surface area contributed by atoms with E-state index in [1.807, 2.05) is 0 Å². The predicted octanol–water partition coefficient (Wildman–Crippen LogP) is 0.566. The Balaban J connectivity index is 0.000000791. The van der Waals surface area contributed by atoms with Gasteiger partial charge < -0.3 is 5.11 Å². The lowest BCUT2D eigenvalue weighted by molar-refractivity contribution is -0.139. The Bertz CT molecular complexity index is 215. The average Bonchev–Trinajstić information content (AvgIpc) is 2.43. The Labute approximate surface area is 84.2 Å². The summed E-state index contributed by atoms with van der Waals surface area (Å²) >= 11 is 0. The van der Waals surface area contributed by atoms with Gasteiger partial charge in [0.05, 0.1) is 0 Å². The van der Waals surface area contributed by atoms with Crippen molar-refractivity contribution < 1.29 is 14.7 Å². The summed E-state index contributed by atoms with van der Waals surface area (Å²) < 4.78 is 0. The Hall–Kier alpha value is -1.16. The second-order valence-electron chi connectivity index (χ2n) is 3.07. The van der Waals surface area contributed by atoms with E-state index in [0.29, 0.717) is 19.4 Å². The SMILES string of the molecule is C=C.CC1CC(=O)N(CCCO)C1=O. The number of aliphatic hydroxyl groups excluding tert-OH is 1. The molecule has 0 radical (unpaired) electrons. The van der Waals surface area contributed by atoms with Gasteiger partial charge in [0.2, 0.25) is 11.8 Å². The van der Waals surface area contributed by atoms with Crippen LogP contribution in [0.3, 0.4) is 0 Å². The van der Waals surface area contributed by atoms with E-state index in [1.165, 1.54) is 4.90 Å². The molecule has 1 rings (SSSR count). The molecule has 14 heavy (non-hydrogen) atoms. The van der Waals surface area contributed by atoms with E-state index < -0.39 is 0 Å². The molecule has 1 atom stereocenters. The van der Waals surface area contributed by atoms with Gasteiger partial charge in [-0.15, -0.1) is 13.2 Å². The van der Waals surface area contributed by atoms with Crippen molar-refractivity contribution in [3.8, 4) is 0 Å². The zero-order valence-corrected chi connectivity index (χ0v) is 8.53. The van der Waals surface area contributed by atoms with Crippen LogP contribution >= 0.6 is 0 Å². The highest BCUT2D eigenvalue weighted by Crippen LogP contribution is 2.18. The number of imide groups is 1. The lowest BCUT2D eigenvalue weighted by Crippen LogP contribution is -2.31. The van der Waals surface area contributed by atoms with Gasteiger partial charge in [-0.25, -0.2) is 0 Å². The molecular formula is C10H17NO3. The number of aliphatic hydroxyl groups is 1. The highest BCUT2D eigenvalue weighted by atomic mass is 16.3. The smallest absolute Gasteiger partial charge is 0.232 e. The highest BCUT2D eigenvalue weighted by Gasteiger charge is 2.34. The fourth-order valence-electron chi connectivity index (χ4n) is 1.31. The summed E-state index contributed by atoms with van der Waals surface area (Å²) in [5.41, 5.74) is 0. The van der Waals surface area contributed by atoms with Crippen LogP contribution in [0.5, 0.6) is 0 Å². The Morgan fingerprint density at radius 3 is 2.43 bits per heavy atom. The molecule has 2 amide bonds. The number of carbonyl (C=O) groups excluding carboxylic acids is 2. The van der Waals surface area contributed by atoms with Crippen LogP contribution in [0.25, 0.3) is 0 Å². The number of hydrogen-bond acceptors (Lipinski definition) is 3. The van der Waals surface area contributed by atoms with Crippen LogP contribution in [0.15, 0.2) is 13.2 Å². The molecule has 0 aromatic carbocycles. The lowest BCUT2D eigenvalue weighted by atomic mass is 10.1. The first-order chi connectivity index (χ1) is 6.66. The first-order valence-corrected chi connectivity index (χ1v) is 4.62. The standard InChI is InChI=1S/C8H13NO3.C2H4/c1-6-5-7(11)9(8(6)12)3-2-4-10;1-2/h6,10H,2-5H2,1H3;1-2H2. The molecule has 0 saturated carbocycles. The van der Waals surface area contributed by atoms with Gasteiger partial charge in [0.25, 0.3) is 0 Å². The van der Waals surface area contributed by atoms with Crippen molar-refractivity contribution in [2.24, 2.45) is 5.92 Å². The van der Waals surface area contributed by atoms with Gasteiger partial charge in [-0.1, -0.05) is 6.92 Å². The molecule has 1 saturated heterocycles. The second kappa shape index (κ2) is 6.32. The molecule has 1 heterocycles.